The lowest BCUT2D eigenvalue weighted by Gasteiger charge is -2.19. The molecular weight excluding hydrogens is 422 g/mol. The number of para-hydroxylation sites is 3. The van der Waals surface area contributed by atoms with Crippen LogP contribution in [0.15, 0.2) is 114 Å². The van der Waals surface area contributed by atoms with Gasteiger partial charge in [0.25, 0.3) is 5.91 Å². The van der Waals surface area contributed by atoms with Crippen LogP contribution in [0.1, 0.15) is 23.6 Å². The fourth-order valence-electron chi connectivity index (χ4n) is 4.00. The van der Waals surface area contributed by atoms with Gasteiger partial charge < -0.3 is 15.4 Å². The Bertz CT molecular complexity index is 1290. The lowest BCUT2D eigenvalue weighted by atomic mass is 9.97. The first-order valence-corrected chi connectivity index (χ1v) is 11.3. The van der Waals surface area contributed by atoms with Crippen molar-refractivity contribution in [2.75, 3.05) is 17.2 Å². The maximum atomic E-state index is 12.2. The third kappa shape index (κ3) is 5.15. The van der Waals surface area contributed by atoms with E-state index in [0.717, 1.165) is 34.8 Å². The molecule has 0 saturated carbocycles. The van der Waals surface area contributed by atoms with Gasteiger partial charge in [-0.3, -0.25) is 9.79 Å². The molecule has 5 heteroatoms. The molecule has 1 heterocycles. The first-order valence-electron chi connectivity index (χ1n) is 11.3. The van der Waals surface area contributed by atoms with E-state index < -0.39 is 0 Å². The molecule has 1 atom stereocenters. The molecule has 0 unspecified atom stereocenters. The smallest absolute Gasteiger partial charge is 0.262 e. The van der Waals surface area contributed by atoms with Gasteiger partial charge >= 0.3 is 0 Å². The molecule has 1 aliphatic heterocycles. The Balaban J connectivity index is 1.31. The topological polar surface area (TPSA) is 62.7 Å². The number of aliphatic imine (C=N–C) groups is 1. The van der Waals surface area contributed by atoms with E-state index >= 15 is 0 Å². The highest BCUT2D eigenvalue weighted by atomic mass is 16.5. The van der Waals surface area contributed by atoms with E-state index in [9.17, 15) is 4.79 Å². The summed E-state index contributed by atoms with van der Waals surface area (Å²) < 4.78 is 5.69. The number of hydrogen-bond donors (Lipinski definition) is 2. The summed E-state index contributed by atoms with van der Waals surface area (Å²) >= 11 is 0. The third-order valence-electron chi connectivity index (χ3n) is 5.70. The molecule has 5 nitrogen and oxygen atoms in total. The monoisotopic (exact) mass is 447 g/mol. The van der Waals surface area contributed by atoms with Crippen molar-refractivity contribution in [3.8, 4) is 5.75 Å². The molecule has 0 radical (unpaired) electrons. The Kier molecular flexibility index (Phi) is 6.34. The van der Waals surface area contributed by atoms with Crippen molar-refractivity contribution in [3.63, 3.8) is 0 Å². The lowest BCUT2D eigenvalue weighted by Crippen LogP contribution is -2.20. The Morgan fingerprint density at radius 1 is 0.853 bits per heavy atom. The van der Waals surface area contributed by atoms with E-state index in [1.165, 1.54) is 5.56 Å². The molecule has 4 aromatic rings. The Morgan fingerprint density at radius 3 is 2.29 bits per heavy atom. The standard InChI is InChI=1S/C29H25N3O2/c33-29(30-23-11-5-2-6-12-23)20-34-24-17-15-22(16-18-24)28-19-27(21-9-3-1-4-10-21)31-25-13-7-8-14-26(25)32-28/h1-18,27,31H,19-20H2,(H,30,33)/t27-/m1/s1. The van der Waals surface area contributed by atoms with Gasteiger partial charge in [0, 0.05) is 12.1 Å². The lowest BCUT2D eigenvalue weighted by molar-refractivity contribution is -0.118. The normalized spacial score (nSPS) is 14.7. The van der Waals surface area contributed by atoms with Crippen LogP contribution < -0.4 is 15.4 Å². The molecule has 0 aromatic heterocycles. The number of hydrogen-bond acceptors (Lipinski definition) is 4. The largest absolute Gasteiger partial charge is 0.484 e. The minimum atomic E-state index is -0.197. The van der Waals surface area contributed by atoms with Crippen LogP contribution >= 0.6 is 0 Å². The van der Waals surface area contributed by atoms with Gasteiger partial charge in [-0.2, -0.15) is 0 Å². The summed E-state index contributed by atoms with van der Waals surface area (Å²) in [5.74, 6) is 0.441. The van der Waals surface area contributed by atoms with E-state index in [2.05, 4.69) is 41.0 Å². The highest BCUT2D eigenvalue weighted by Crippen LogP contribution is 2.35. The van der Waals surface area contributed by atoms with Crippen LogP contribution in [-0.2, 0) is 4.79 Å². The first-order chi connectivity index (χ1) is 16.7. The van der Waals surface area contributed by atoms with Crippen LogP contribution in [0.25, 0.3) is 0 Å². The van der Waals surface area contributed by atoms with Gasteiger partial charge in [-0.25, -0.2) is 0 Å². The molecule has 168 valence electrons. The molecular formula is C29H25N3O2. The highest BCUT2D eigenvalue weighted by molar-refractivity contribution is 6.04. The summed E-state index contributed by atoms with van der Waals surface area (Å²) in [6.07, 6.45) is 0.748. The highest BCUT2D eigenvalue weighted by Gasteiger charge is 2.21. The molecule has 5 rings (SSSR count). The maximum absolute atomic E-state index is 12.2. The summed E-state index contributed by atoms with van der Waals surface area (Å²) in [6, 6.07) is 35.8. The van der Waals surface area contributed by atoms with Gasteiger partial charge in [-0.15, -0.1) is 0 Å². The van der Waals surface area contributed by atoms with Crippen LogP contribution in [-0.4, -0.2) is 18.2 Å². The zero-order chi connectivity index (χ0) is 23.2. The quantitative estimate of drug-likeness (QED) is 0.360. The van der Waals surface area contributed by atoms with E-state index in [1.807, 2.05) is 78.9 Å². The van der Waals surface area contributed by atoms with E-state index in [1.54, 1.807) is 0 Å². The molecule has 0 fully saturated rings. The van der Waals surface area contributed by atoms with E-state index in [0.29, 0.717) is 5.75 Å². The number of carbonyl (C=O) groups is 1. The summed E-state index contributed by atoms with van der Waals surface area (Å²) in [7, 11) is 0. The molecule has 1 aliphatic rings. The summed E-state index contributed by atoms with van der Waals surface area (Å²) in [6.45, 7) is -0.0530. The maximum Gasteiger partial charge on any atom is 0.262 e. The number of anilines is 2. The number of ether oxygens (including phenoxy) is 1. The van der Waals surface area contributed by atoms with Gasteiger partial charge in [-0.05, 0) is 59.7 Å². The SMILES string of the molecule is O=C(COc1ccc(C2=Nc3ccccc3N[C@@H](c3ccccc3)C2)cc1)Nc1ccccc1. The fraction of sp³-hybridized carbons (Fsp3) is 0.103. The Morgan fingerprint density at radius 2 is 1.53 bits per heavy atom. The summed E-state index contributed by atoms with van der Waals surface area (Å²) in [5.41, 5.74) is 5.95. The minimum Gasteiger partial charge on any atom is -0.484 e. The number of nitrogens with zero attached hydrogens (tertiary/aromatic N) is 1. The minimum absolute atomic E-state index is 0.0530. The zero-order valence-corrected chi connectivity index (χ0v) is 18.6. The Hall–Kier alpha value is -4.38. The number of amides is 1. The van der Waals surface area contributed by atoms with Crippen molar-refractivity contribution in [2.45, 2.75) is 12.5 Å². The second-order valence-corrected chi connectivity index (χ2v) is 8.11. The molecule has 4 aromatic carbocycles. The van der Waals surface area contributed by atoms with E-state index in [4.69, 9.17) is 9.73 Å². The van der Waals surface area contributed by atoms with Gasteiger partial charge in [0.15, 0.2) is 6.61 Å². The molecule has 0 bridgehead atoms. The average molecular weight is 448 g/mol. The van der Waals surface area contributed by atoms with Crippen molar-refractivity contribution in [2.24, 2.45) is 4.99 Å². The molecule has 2 N–H and O–H groups in total. The second-order valence-electron chi connectivity index (χ2n) is 8.11. The van der Waals surface area contributed by atoms with Crippen molar-refractivity contribution < 1.29 is 9.53 Å². The van der Waals surface area contributed by atoms with Gasteiger partial charge in [-0.1, -0.05) is 60.7 Å². The molecule has 0 spiro atoms. The second kappa shape index (κ2) is 10.0. The van der Waals surface area contributed by atoms with Gasteiger partial charge in [0.1, 0.15) is 5.75 Å². The van der Waals surface area contributed by atoms with Crippen LogP contribution in [0.5, 0.6) is 5.75 Å². The van der Waals surface area contributed by atoms with Gasteiger partial charge in [0.2, 0.25) is 0 Å². The number of rotatable bonds is 6. The predicted octanol–water partition coefficient (Wildman–Crippen LogP) is 6.38. The van der Waals surface area contributed by atoms with Crippen molar-refractivity contribution >= 4 is 28.7 Å². The predicted molar refractivity (Wildman–Crippen MR) is 137 cm³/mol. The number of fused-ring (bicyclic) bond motifs is 1. The van der Waals surface area contributed by atoms with Crippen LogP contribution in [0.4, 0.5) is 17.1 Å². The number of nitrogens with one attached hydrogen (secondary N) is 2. The van der Waals surface area contributed by atoms with E-state index in [-0.39, 0.29) is 18.6 Å². The molecule has 0 aliphatic carbocycles. The summed E-state index contributed by atoms with van der Waals surface area (Å²) in [4.78, 5) is 17.1. The Labute approximate surface area is 199 Å². The first kappa shape index (κ1) is 21.5. The van der Waals surface area contributed by atoms with Crippen molar-refractivity contribution in [3.05, 3.63) is 120 Å². The third-order valence-corrected chi connectivity index (χ3v) is 5.70. The number of benzene rings is 4. The van der Waals surface area contributed by atoms with Crippen LogP contribution in [0.3, 0.4) is 0 Å². The van der Waals surface area contributed by atoms with Crippen molar-refractivity contribution in [1.29, 1.82) is 0 Å². The van der Waals surface area contributed by atoms with Crippen LogP contribution in [0.2, 0.25) is 0 Å². The summed E-state index contributed by atoms with van der Waals surface area (Å²) in [5, 5.41) is 6.48. The fourth-order valence-corrected chi connectivity index (χ4v) is 4.00. The zero-order valence-electron chi connectivity index (χ0n) is 18.6. The van der Waals surface area contributed by atoms with Gasteiger partial charge in [0.05, 0.1) is 23.1 Å². The van der Waals surface area contributed by atoms with Crippen LogP contribution in [0, 0.1) is 0 Å². The molecule has 0 saturated heterocycles. The molecule has 34 heavy (non-hydrogen) atoms. The average Bonchev–Trinajstić information content (AvgIpc) is 3.09. The van der Waals surface area contributed by atoms with Crippen molar-refractivity contribution in [1.82, 2.24) is 0 Å². The molecule has 1 amide bonds. The number of carbonyl (C=O) groups excluding carboxylic acids is 1.